The summed E-state index contributed by atoms with van der Waals surface area (Å²) in [5.74, 6) is 0.768. The van der Waals surface area contributed by atoms with Gasteiger partial charge in [-0.05, 0) is 43.5 Å². The summed E-state index contributed by atoms with van der Waals surface area (Å²) in [6, 6.07) is 7.83. The summed E-state index contributed by atoms with van der Waals surface area (Å²) in [5, 5.41) is 7.39. The highest BCUT2D eigenvalue weighted by Crippen LogP contribution is 2.35. The summed E-state index contributed by atoms with van der Waals surface area (Å²) < 4.78 is 7.74. The van der Waals surface area contributed by atoms with E-state index < -0.39 is 0 Å². The quantitative estimate of drug-likeness (QED) is 0.884. The lowest BCUT2D eigenvalue weighted by atomic mass is 10.0. The maximum absolute atomic E-state index is 12.6. The number of rotatable bonds is 3. The van der Waals surface area contributed by atoms with E-state index in [2.05, 4.69) is 30.3 Å². The molecule has 148 valence electrons. The average molecular weight is 382 g/mol. The van der Waals surface area contributed by atoms with Gasteiger partial charge in [0, 0.05) is 33.0 Å². The minimum absolute atomic E-state index is 0.0458. The van der Waals surface area contributed by atoms with Gasteiger partial charge in [-0.15, -0.1) is 0 Å². The number of fused-ring (bicyclic) bond motifs is 2. The van der Waals surface area contributed by atoms with Gasteiger partial charge in [0.05, 0.1) is 12.2 Å². The summed E-state index contributed by atoms with van der Waals surface area (Å²) in [6.45, 7) is 8.09. The minimum atomic E-state index is -0.202. The number of carbonyl (C=O) groups excluding carboxylic acids is 2. The second kappa shape index (κ2) is 6.96. The summed E-state index contributed by atoms with van der Waals surface area (Å²) in [7, 11) is 0. The first-order valence-corrected chi connectivity index (χ1v) is 9.72. The van der Waals surface area contributed by atoms with E-state index in [4.69, 9.17) is 4.74 Å². The molecule has 1 N–H and O–H groups in total. The zero-order chi connectivity index (χ0) is 19.9. The van der Waals surface area contributed by atoms with E-state index in [1.807, 2.05) is 16.8 Å². The predicted molar refractivity (Wildman–Crippen MR) is 104 cm³/mol. The van der Waals surface area contributed by atoms with E-state index in [0.717, 1.165) is 36.4 Å². The molecular formula is C21H26N4O3. The van der Waals surface area contributed by atoms with Gasteiger partial charge in [-0.25, -0.2) is 0 Å². The van der Waals surface area contributed by atoms with Crippen LogP contribution >= 0.6 is 0 Å². The van der Waals surface area contributed by atoms with Crippen molar-refractivity contribution in [1.82, 2.24) is 20.0 Å². The standard InChI is InChI=1S/C21H26N4O3/c1-14(26)24-7-4-8-25-17(13-24)10-18(23-25)20(27)22-12-15-5-6-19-16(9-15)11-21(2,3)28-19/h5-6,9-10H,4,7-8,11-13H2,1-3H3,(H,22,27). The second-order valence-corrected chi connectivity index (χ2v) is 8.20. The topological polar surface area (TPSA) is 76.5 Å². The maximum Gasteiger partial charge on any atom is 0.272 e. The molecule has 0 spiro atoms. The fourth-order valence-corrected chi connectivity index (χ4v) is 3.89. The van der Waals surface area contributed by atoms with Crippen LogP contribution in [0.4, 0.5) is 0 Å². The lowest BCUT2D eigenvalue weighted by Gasteiger charge is -2.17. The first-order chi connectivity index (χ1) is 13.3. The molecule has 0 radical (unpaired) electrons. The average Bonchev–Trinajstić information content (AvgIpc) is 3.10. The number of benzene rings is 1. The molecule has 0 saturated carbocycles. The molecule has 2 amide bonds. The molecule has 2 aliphatic rings. The van der Waals surface area contributed by atoms with Crippen LogP contribution in [0.1, 0.15) is 54.5 Å². The largest absolute Gasteiger partial charge is 0.487 e. The van der Waals surface area contributed by atoms with Crippen molar-refractivity contribution in [3.05, 3.63) is 46.8 Å². The van der Waals surface area contributed by atoms with Crippen molar-refractivity contribution < 1.29 is 14.3 Å². The van der Waals surface area contributed by atoms with Crippen LogP contribution in [0.3, 0.4) is 0 Å². The molecule has 0 aliphatic carbocycles. The smallest absolute Gasteiger partial charge is 0.272 e. The number of nitrogens with one attached hydrogen (secondary N) is 1. The Balaban J connectivity index is 1.42. The van der Waals surface area contributed by atoms with Crippen LogP contribution in [0.15, 0.2) is 24.3 Å². The number of aromatic nitrogens is 2. The molecule has 3 heterocycles. The third kappa shape index (κ3) is 3.74. The summed E-state index contributed by atoms with van der Waals surface area (Å²) in [5.41, 5.74) is 3.33. The van der Waals surface area contributed by atoms with E-state index >= 15 is 0 Å². The van der Waals surface area contributed by atoms with Crippen LogP contribution < -0.4 is 10.1 Å². The summed E-state index contributed by atoms with van der Waals surface area (Å²) in [4.78, 5) is 26.1. The zero-order valence-electron chi connectivity index (χ0n) is 16.6. The third-order valence-electron chi connectivity index (χ3n) is 5.27. The Morgan fingerprint density at radius 3 is 2.86 bits per heavy atom. The van der Waals surface area contributed by atoms with Gasteiger partial charge in [0.1, 0.15) is 11.4 Å². The van der Waals surface area contributed by atoms with Gasteiger partial charge in [-0.1, -0.05) is 12.1 Å². The van der Waals surface area contributed by atoms with E-state index in [-0.39, 0.29) is 17.4 Å². The molecule has 2 aromatic rings. The molecule has 7 nitrogen and oxygen atoms in total. The van der Waals surface area contributed by atoms with E-state index in [1.54, 1.807) is 17.9 Å². The third-order valence-corrected chi connectivity index (χ3v) is 5.27. The van der Waals surface area contributed by atoms with Crippen LogP contribution in [-0.4, -0.2) is 38.6 Å². The number of carbonyl (C=O) groups is 2. The molecule has 1 aromatic heterocycles. The molecule has 1 aromatic carbocycles. The van der Waals surface area contributed by atoms with Crippen molar-refractivity contribution in [3.8, 4) is 5.75 Å². The van der Waals surface area contributed by atoms with Crippen LogP contribution in [0.2, 0.25) is 0 Å². The van der Waals surface area contributed by atoms with Gasteiger partial charge in [-0.2, -0.15) is 5.10 Å². The Morgan fingerprint density at radius 2 is 2.07 bits per heavy atom. The zero-order valence-corrected chi connectivity index (χ0v) is 16.6. The van der Waals surface area contributed by atoms with Crippen molar-refractivity contribution in [1.29, 1.82) is 0 Å². The lowest BCUT2D eigenvalue weighted by molar-refractivity contribution is -0.129. The van der Waals surface area contributed by atoms with Gasteiger partial charge in [-0.3, -0.25) is 14.3 Å². The van der Waals surface area contributed by atoms with Crippen LogP contribution in [-0.2, 0) is 30.8 Å². The second-order valence-electron chi connectivity index (χ2n) is 8.20. The first kappa shape index (κ1) is 18.5. The van der Waals surface area contributed by atoms with Gasteiger partial charge in [0.15, 0.2) is 5.69 Å². The van der Waals surface area contributed by atoms with Crippen LogP contribution in [0.25, 0.3) is 0 Å². The molecule has 4 rings (SSSR count). The molecule has 0 atom stereocenters. The molecule has 0 saturated heterocycles. The number of nitrogens with zero attached hydrogens (tertiary/aromatic N) is 3. The Morgan fingerprint density at radius 1 is 1.25 bits per heavy atom. The van der Waals surface area contributed by atoms with Gasteiger partial charge in [0.2, 0.25) is 5.91 Å². The van der Waals surface area contributed by atoms with E-state index in [1.165, 1.54) is 5.56 Å². The molecular weight excluding hydrogens is 356 g/mol. The first-order valence-electron chi connectivity index (χ1n) is 9.72. The van der Waals surface area contributed by atoms with Crippen molar-refractivity contribution in [2.24, 2.45) is 0 Å². The lowest BCUT2D eigenvalue weighted by Crippen LogP contribution is -2.28. The van der Waals surface area contributed by atoms with Crippen molar-refractivity contribution in [2.45, 2.75) is 58.8 Å². The number of hydrogen-bond acceptors (Lipinski definition) is 4. The number of amides is 2. The van der Waals surface area contributed by atoms with Gasteiger partial charge in [0.25, 0.3) is 5.91 Å². The van der Waals surface area contributed by atoms with Crippen molar-refractivity contribution in [2.75, 3.05) is 6.54 Å². The van der Waals surface area contributed by atoms with Crippen LogP contribution in [0.5, 0.6) is 5.75 Å². The highest BCUT2D eigenvalue weighted by atomic mass is 16.5. The van der Waals surface area contributed by atoms with Gasteiger partial charge >= 0.3 is 0 Å². The number of aryl methyl sites for hydroxylation is 1. The molecule has 7 heteroatoms. The SMILES string of the molecule is CC(=O)N1CCCn2nc(C(=O)NCc3ccc4c(c3)CC(C)(C)O4)cc2C1. The summed E-state index contributed by atoms with van der Waals surface area (Å²) in [6.07, 6.45) is 1.70. The maximum atomic E-state index is 12.6. The normalized spacial score (nSPS) is 17.3. The Kier molecular flexibility index (Phi) is 4.61. The van der Waals surface area contributed by atoms with Crippen molar-refractivity contribution in [3.63, 3.8) is 0 Å². The predicted octanol–water partition coefficient (Wildman–Crippen LogP) is 2.28. The molecule has 0 bridgehead atoms. The fraction of sp³-hybridized carbons (Fsp3) is 0.476. The minimum Gasteiger partial charge on any atom is -0.487 e. The Labute approximate surface area is 164 Å². The monoisotopic (exact) mass is 382 g/mol. The fourth-order valence-electron chi connectivity index (χ4n) is 3.89. The highest BCUT2D eigenvalue weighted by molar-refractivity contribution is 5.92. The molecule has 2 aliphatic heterocycles. The number of ether oxygens (including phenoxy) is 1. The van der Waals surface area contributed by atoms with E-state index in [9.17, 15) is 9.59 Å². The van der Waals surface area contributed by atoms with Crippen molar-refractivity contribution >= 4 is 11.8 Å². The highest BCUT2D eigenvalue weighted by Gasteiger charge is 2.30. The molecule has 0 fully saturated rings. The molecule has 0 unspecified atom stereocenters. The van der Waals surface area contributed by atoms with Gasteiger partial charge < -0.3 is 15.0 Å². The van der Waals surface area contributed by atoms with E-state index in [0.29, 0.717) is 25.3 Å². The Bertz CT molecular complexity index is 932. The van der Waals surface area contributed by atoms with Crippen LogP contribution in [0, 0.1) is 0 Å². The Hall–Kier alpha value is -2.83. The number of hydrogen-bond donors (Lipinski definition) is 1. The summed E-state index contributed by atoms with van der Waals surface area (Å²) >= 11 is 0. The molecule has 28 heavy (non-hydrogen) atoms.